The van der Waals surface area contributed by atoms with Crippen LogP contribution in [0.15, 0.2) is 24.3 Å². The molecule has 1 rings (SSSR count). The predicted molar refractivity (Wildman–Crippen MR) is 41.9 cm³/mol. The van der Waals surface area contributed by atoms with Crippen LogP contribution in [-0.4, -0.2) is 22.8 Å². The van der Waals surface area contributed by atoms with Gasteiger partial charge in [0.25, 0.3) is 11.8 Å². The standard InChI is InChI=1S/C8H7NO4/c1-2-3-8(12)13-9-6(10)4-5-7(9)11/h2-5H,1H3. The molecule has 0 aromatic heterocycles. The van der Waals surface area contributed by atoms with E-state index in [2.05, 4.69) is 4.84 Å². The summed E-state index contributed by atoms with van der Waals surface area (Å²) < 4.78 is 0. The lowest BCUT2D eigenvalue weighted by molar-refractivity contribution is -0.192. The van der Waals surface area contributed by atoms with Crippen molar-refractivity contribution in [2.24, 2.45) is 0 Å². The molecule has 0 radical (unpaired) electrons. The van der Waals surface area contributed by atoms with Crippen molar-refractivity contribution in [1.29, 1.82) is 0 Å². The Morgan fingerprint density at radius 1 is 1.38 bits per heavy atom. The van der Waals surface area contributed by atoms with Crippen LogP contribution in [0.2, 0.25) is 0 Å². The van der Waals surface area contributed by atoms with Crippen LogP contribution in [0.1, 0.15) is 6.92 Å². The first-order chi connectivity index (χ1) is 6.15. The first-order valence-electron chi connectivity index (χ1n) is 3.56. The molecule has 2 amide bonds. The zero-order chi connectivity index (χ0) is 9.84. The molecular weight excluding hydrogens is 174 g/mol. The molecule has 0 N–H and O–H groups in total. The number of carbonyl (C=O) groups is 3. The number of rotatable bonds is 2. The largest absolute Gasteiger partial charge is 0.356 e. The molecule has 0 aromatic rings. The van der Waals surface area contributed by atoms with Gasteiger partial charge in [-0.05, 0) is 6.92 Å². The van der Waals surface area contributed by atoms with Gasteiger partial charge in [-0.25, -0.2) is 4.79 Å². The lowest BCUT2D eigenvalue weighted by atomic mass is 10.5. The molecule has 68 valence electrons. The van der Waals surface area contributed by atoms with Crippen LogP contribution < -0.4 is 0 Å². The first-order valence-corrected chi connectivity index (χ1v) is 3.56. The van der Waals surface area contributed by atoms with Gasteiger partial charge in [0.2, 0.25) is 0 Å². The van der Waals surface area contributed by atoms with Crippen molar-refractivity contribution in [2.75, 3.05) is 0 Å². The fourth-order valence-electron chi connectivity index (χ4n) is 0.733. The number of hydroxylamine groups is 2. The van der Waals surface area contributed by atoms with Crippen LogP contribution in [0.4, 0.5) is 0 Å². The van der Waals surface area contributed by atoms with Gasteiger partial charge in [0.1, 0.15) is 0 Å². The number of amides is 2. The zero-order valence-corrected chi connectivity index (χ0v) is 6.89. The van der Waals surface area contributed by atoms with Crippen molar-refractivity contribution >= 4 is 17.8 Å². The van der Waals surface area contributed by atoms with E-state index >= 15 is 0 Å². The Kier molecular flexibility index (Phi) is 2.59. The molecule has 5 heteroatoms. The van der Waals surface area contributed by atoms with E-state index in [0.717, 1.165) is 18.2 Å². The smallest absolute Gasteiger partial charge is 0.325 e. The summed E-state index contributed by atoms with van der Waals surface area (Å²) in [6, 6.07) is 0. The van der Waals surface area contributed by atoms with Crippen molar-refractivity contribution in [1.82, 2.24) is 5.06 Å². The van der Waals surface area contributed by atoms with Crippen molar-refractivity contribution in [3.05, 3.63) is 24.3 Å². The van der Waals surface area contributed by atoms with Gasteiger partial charge >= 0.3 is 5.97 Å². The van der Waals surface area contributed by atoms with Gasteiger partial charge in [-0.1, -0.05) is 11.1 Å². The zero-order valence-electron chi connectivity index (χ0n) is 6.89. The van der Waals surface area contributed by atoms with Gasteiger partial charge in [0.15, 0.2) is 0 Å². The minimum Gasteiger partial charge on any atom is -0.325 e. The van der Waals surface area contributed by atoms with E-state index in [0.29, 0.717) is 5.06 Å². The predicted octanol–water partition coefficient (Wildman–Crippen LogP) is -0.0543. The second kappa shape index (κ2) is 3.66. The maximum atomic E-state index is 10.8. The summed E-state index contributed by atoms with van der Waals surface area (Å²) in [5.41, 5.74) is 0. The fraction of sp³-hybridized carbons (Fsp3) is 0.125. The molecule has 0 aliphatic carbocycles. The molecule has 1 aliphatic heterocycles. The molecule has 0 fully saturated rings. The van der Waals surface area contributed by atoms with Crippen LogP contribution in [0, 0.1) is 0 Å². The topological polar surface area (TPSA) is 63.7 Å². The third-order valence-electron chi connectivity index (χ3n) is 1.25. The number of carbonyl (C=O) groups excluding carboxylic acids is 3. The minimum atomic E-state index is -0.757. The van der Waals surface area contributed by atoms with Gasteiger partial charge < -0.3 is 4.84 Å². The van der Waals surface area contributed by atoms with Gasteiger partial charge in [0, 0.05) is 18.2 Å². The first kappa shape index (κ1) is 9.18. The molecule has 1 heterocycles. The Morgan fingerprint density at radius 2 is 1.92 bits per heavy atom. The highest BCUT2D eigenvalue weighted by molar-refractivity contribution is 6.12. The highest BCUT2D eigenvalue weighted by Gasteiger charge is 2.26. The Labute approximate surface area is 74.2 Å². The van der Waals surface area contributed by atoms with Crippen molar-refractivity contribution in [2.45, 2.75) is 6.92 Å². The maximum Gasteiger partial charge on any atom is 0.356 e. The third-order valence-corrected chi connectivity index (χ3v) is 1.25. The summed E-state index contributed by atoms with van der Waals surface area (Å²) in [6.45, 7) is 1.62. The lowest BCUT2D eigenvalue weighted by Crippen LogP contribution is -2.32. The minimum absolute atomic E-state index is 0.405. The van der Waals surface area contributed by atoms with Crippen LogP contribution in [0.25, 0.3) is 0 Å². The van der Waals surface area contributed by atoms with E-state index < -0.39 is 17.8 Å². The molecule has 0 bridgehead atoms. The van der Waals surface area contributed by atoms with E-state index in [1.54, 1.807) is 6.92 Å². The summed E-state index contributed by atoms with van der Waals surface area (Å²) >= 11 is 0. The molecule has 0 saturated heterocycles. The Morgan fingerprint density at radius 3 is 2.38 bits per heavy atom. The molecule has 1 aliphatic rings. The van der Waals surface area contributed by atoms with E-state index in [-0.39, 0.29) is 0 Å². The van der Waals surface area contributed by atoms with E-state index in [9.17, 15) is 14.4 Å². The second-order valence-electron chi connectivity index (χ2n) is 2.21. The molecule has 0 unspecified atom stereocenters. The van der Waals surface area contributed by atoms with Crippen molar-refractivity contribution in [3.63, 3.8) is 0 Å². The van der Waals surface area contributed by atoms with Gasteiger partial charge in [-0.3, -0.25) is 9.59 Å². The number of allylic oxidation sites excluding steroid dienone is 1. The summed E-state index contributed by atoms with van der Waals surface area (Å²) in [4.78, 5) is 36.9. The summed E-state index contributed by atoms with van der Waals surface area (Å²) in [5.74, 6) is -2.06. The fourth-order valence-corrected chi connectivity index (χ4v) is 0.733. The van der Waals surface area contributed by atoms with Gasteiger partial charge in [-0.2, -0.15) is 0 Å². The Bertz CT molecular complexity index is 298. The molecule has 13 heavy (non-hydrogen) atoms. The highest BCUT2D eigenvalue weighted by atomic mass is 16.7. The molecule has 0 aromatic carbocycles. The molecule has 0 spiro atoms. The van der Waals surface area contributed by atoms with E-state index in [1.165, 1.54) is 6.08 Å². The van der Waals surface area contributed by atoms with Crippen LogP contribution >= 0.6 is 0 Å². The van der Waals surface area contributed by atoms with Gasteiger partial charge in [0.05, 0.1) is 0 Å². The Hall–Kier alpha value is -1.91. The molecular formula is C8H7NO4. The number of nitrogens with zero attached hydrogens (tertiary/aromatic N) is 1. The molecule has 0 saturated carbocycles. The summed E-state index contributed by atoms with van der Waals surface area (Å²) in [7, 11) is 0. The average Bonchev–Trinajstić information content (AvgIpc) is 2.36. The molecule has 5 nitrogen and oxygen atoms in total. The number of hydrogen-bond acceptors (Lipinski definition) is 4. The summed E-state index contributed by atoms with van der Waals surface area (Å²) in [6.07, 6.45) is 4.62. The van der Waals surface area contributed by atoms with Gasteiger partial charge in [-0.15, -0.1) is 0 Å². The molecule has 0 atom stereocenters. The Balaban J connectivity index is 2.60. The lowest BCUT2D eigenvalue weighted by Gasteiger charge is -2.10. The monoisotopic (exact) mass is 181 g/mol. The second-order valence-corrected chi connectivity index (χ2v) is 2.21. The van der Waals surface area contributed by atoms with Crippen molar-refractivity contribution in [3.8, 4) is 0 Å². The van der Waals surface area contributed by atoms with E-state index in [1.807, 2.05) is 0 Å². The highest BCUT2D eigenvalue weighted by Crippen LogP contribution is 2.04. The quantitative estimate of drug-likeness (QED) is 0.442. The third kappa shape index (κ3) is 2.02. The number of imide groups is 1. The SMILES string of the molecule is CC=CC(=O)ON1C(=O)C=CC1=O. The normalized spacial score (nSPS) is 15.9. The van der Waals surface area contributed by atoms with Crippen molar-refractivity contribution < 1.29 is 19.2 Å². The number of hydrogen-bond donors (Lipinski definition) is 0. The maximum absolute atomic E-state index is 10.8. The van der Waals surface area contributed by atoms with Crippen LogP contribution in [0.3, 0.4) is 0 Å². The summed E-state index contributed by atoms with van der Waals surface area (Å²) in [5, 5.41) is 0.405. The van der Waals surface area contributed by atoms with Crippen LogP contribution in [-0.2, 0) is 19.2 Å². The average molecular weight is 181 g/mol. The van der Waals surface area contributed by atoms with E-state index in [4.69, 9.17) is 0 Å². The van der Waals surface area contributed by atoms with Crippen LogP contribution in [0.5, 0.6) is 0 Å².